The minimum absolute atomic E-state index is 0.182. The molecule has 8 heteroatoms. The highest BCUT2D eigenvalue weighted by molar-refractivity contribution is 9.10. The Morgan fingerprint density at radius 2 is 2.04 bits per heavy atom. The van der Waals surface area contributed by atoms with E-state index in [1.807, 2.05) is 30.3 Å². The number of carbonyl (C=O) groups is 2. The van der Waals surface area contributed by atoms with E-state index in [9.17, 15) is 9.59 Å². The van der Waals surface area contributed by atoms with Crippen LogP contribution in [0.1, 0.15) is 12.7 Å². The Labute approximate surface area is 168 Å². The molecular weight excluding hydrogens is 438 g/mol. The van der Waals surface area contributed by atoms with Crippen LogP contribution >= 0.6 is 39.9 Å². The van der Waals surface area contributed by atoms with Gasteiger partial charge in [-0.3, -0.25) is 14.5 Å². The summed E-state index contributed by atoms with van der Waals surface area (Å²) in [5, 5.41) is 0. The first kappa shape index (κ1) is 18.9. The van der Waals surface area contributed by atoms with Gasteiger partial charge in [-0.25, -0.2) is 0 Å². The molecule has 134 valence electrons. The lowest BCUT2D eigenvalue weighted by molar-refractivity contribution is -0.145. The second-order valence-corrected chi connectivity index (χ2v) is 7.87. The number of esters is 1. The first-order valence-electron chi connectivity index (χ1n) is 7.74. The van der Waals surface area contributed by atoms with Gasteiger partial charge in [-0.1, -0.05) is 52.0 Å². The lowest BCUT2D eigenvalue weighted by atomic mass is 10.2. The molecule has 1 fully saturated rings. The molecule has 0 saturated carbocycles. The summed E-state index contributed by atoms with van der Waals surface area (Å²) in [6.45, 7) is 1.79. The number of amides is 1. The Balaban J connectivity index is 1.76. The van der Waals surface area contributed by atoms with Crippen LogP contribution in [0, 0.1) is 0 Å². The molecule has 0 bridgehead atoms. The Bertz CT molecular complexity index is 889. The molecule has 1 saturated heterocycles. The van der Waals surface area contributed by atoms with Crippen LogP contribution in [0.2, 0.25) is 0 Å². The first-order chi connectivity index (χ1) is 12.5. The van der Waals surface area contributed by atoms with Gasteiger partial charge in [-0.05, 0) is 31.2 Å². The van der Waals surface area contributed by atoms with E-state index >= 15 is 0 Å². The second-order valence-electron chi connectivity index (χ2n) is 5.28. The smallest absolute Gasteiger partial charge is 0.326 e. The number of benzene rings is 1. The monoisotopic (exact) mass is 451 g/mol. The number of furan rings is 1. The zero-order valence-corrected chi connectivity index (χ0v) is 16.9. The molecule has 1 amide bonds. The Morgan fingerprint density at radius 1 is 1.31 bits per heavy atom. The normalized spacial score (nSPS) is 15.8. The number of carbonyl (C=O) groups excluding carboxylic acids is 2. The van der Waals surface area contributed by atoms with Gasteiger partial charge in [-0.15, -0.1) is 0 Å². The third kappa shape index (κ3) is 4.25. The first-order valence-corrected chi connectivity index (χ1v) is 9.76. The van der Waals surface area contributed by atoms with Gasteiger partial charge in [0.1, 0.15) is 22.4 Å². The lowest BCUT2D eigenvalue weighted by Gasteiger charge is -2.12. The summed E-state index contributed by atoms with van der Waals surface area (Å²) in [5.41, 5.74) is 0.933. The van der Waals surface area contributed by atoms with Crippen LogP contribution in [0.25, 0.3) is 17.4 Å². The van der Waals surface area contributed by atoms with E-state index in [0.29, 0.717) is 20.7 Å². The maximum Gasteiger partial charge on any atom is 0.326 e. The Morgan fingerprint density at radius 3 is 2.73 bits per heavy atom. The molecule has 0 spiro atoms. The largest absolute Gasteiger partial charge is 0.465 e. The molecule has 1 aliphatic rings. The van der Waals surface area contributed by atoms with Crippen molar-refractivity contribution in [3.8, 4) is 11.3 Å². The quantitative estimate of drug-likeness (QED) is 0.379. The zero-order chi connectivity index (χ0) is 18.7. The lowest BCUT2D eigenvalue weighted by Crippen LogP contribution is -2.34. The van der Waals surface area contributed by atoms with Crippen LogP contribution in [0.3, 0.4) is 0 Å². The van der Waals surface area contributed by atoms with E-state index in [1.165, 1.54) is 4.90 Å². The molecule has 3 rings (SSSR count). The van der Waals surface area contributed by atoms with Crippen molar-refractivity contribution in [3.05, 3.63) is 51.5 Å². The van der Waals surface area contributed by atoms with Crippen molar-refractivity contribution < 1.29 is 18.7 Å². The molecule has 0 aliphatic carbocycles. The van der Waals surface area contributed by atoms with Gasteiger partial charge in [0.05, 0.1) is 11.5 Å². The Kier molecular flexibility index (Phi) is 5.95. The molecule has 2 heterocycles. The number of ether oxygens (including phenoxy) is 1. The third-order valence-electron chi connectivity index (χ3n) is 3.50. The SMILES string of the molecule is CCOC(=O)CN1C(=O)/C(=C/c2ccc(-c3ccc(Br)cc3)o2)SC1=S. The van der Waals surface area contributed by atoms with Crippen LogP contribution < -0.4 is 0 Å². The highest BCUT2D eigenvalue weighted by Gasteiger charge is 2.34. The fourth-order valence-corrected chi connectivity index (χ4v) is 3.80. The summed E-state index contributed by atoms with van der Waals surface area (Å²) in [6.07, 6.45) is 1.63. The number of rotatable bonds is 5. The fraction of sp³-hybridized carbons (Fsp3) is 0.167. The summed E-state index contributed by atoms with van der Waals surface area (Å²) in [6, 6.07) is 11.4. The van der Waals surface area contributed by atoms with Crippen LogP contribution in [-0.4, -0.2) is 34.2 Å². The summed E-state index contributed by atoms with van der Waals surface area (Å²) >= 11 is 9.73. The van der Waals surface area contributed by atoms with Gasteiger partial charge in [0.2, 0.25) is 0 Å². The predicted octanol–water partition coefficient (Wildman–Crippen LogP) is 4.47. The van der Waals surface area contributed by atoms with E-state index in [-0.39, 0.29) is 19.1 Å². The van der Waals surface area contributed by atoms with Gasteiger partial charge in [-0.2, -0.15) is 0 Å². The average molecular weight is 452 g/mol. The van der Waals surface area contributed by atoms with Gasteiger partial charge in [0.15, 0.2) is 0 Å². The van der Waals surface area contributed by atoms with E-state index < -0.39 is 5.97 Å². The molecule has 1 aromatic carbocycles. The van der Waals surface area contributed by atoms with Gasteiger partial charge in [0.25, 0.3) is 5.91 Å². The van der Waals surface area contributed by atoms with E-state index in [4.69, 9.17) is 21.4 Å². The van der Waals surface area contributed by atoms with Crippen LogP contribution in [-0.2, 0) is 14.3 Å². The number of halogens is 1. The number of hydrogen-bond donors (Lipinski definition) is 0. The minimum Gasteiger partial charge on any atom is -0.465 e. The minimum atomic E-state index is -0.486. The van der Waals surface area contributed by atoms with Crippen molar-refractivity contribution in [1.29, 1.82) is 0 Å². The third-order valence-corrected chi connectivity index (χ3v) is 5.40. The van der Waals surface area contributed by atoms with Gasteiger partial charge >= 0.3 is 5.97 Å². The summed E-state index contributed by atoms with van der Waals surface area (Å²) < 4.78 is 12.0. The fourth-order valence-electron chi connectivity index (χ4n) is 2.30. The maximum atomic E-state index is 12.5. The van der Waals surface area contributed by atoms with Crippen molar-refractivity contribution in [2.45, 2.75) is 6.92 Å². The van der Waals surface area contributed by atoms with Crippen molar-refractivity contribution in [2.24, 2.45) is 0 Å². The average Bonchev–Trinajstić information content (AvgIpc) is 3.17. The van der Waals surface area contributed by atoms with Crippen molar-refractivity contribution in [2.75, 3.05) is 13.2 Å². The van der Waals surface area contributed by atoms with Crippen molar-refractivity contribution in [3.63, 3.8) is 0 Å². The van der Waals surface area contributed by atoms with Crippen molar-refractivity contribution >= 4 is 62.2 Å². The summed E-state index contributed by atoms with van der Waals surface area (Å²) in [7, 11) is 0. The standard InChI is InChI=1S/C18H14BrNO4S2/c1-2-23-16(21)10-20-17(22)15(26-18(20)25)9-13-7-8-14(24-13)11-3-5-12(19)6-4-11/h3-9H,2,10H2,1H3/b15-9-. The molecule has 0 radical (unpaired) electrons. The van der Waals surface area contributed by atoms with Crippen molar-refractivity contribution in [1.82, 2.24) is 4.90 Å². The molecule has 1 aromatic heterocycles. The van der Waals surface area contributed by atoms with Crippen LogP contribution in [0.15, 0.2) is 50.2 Å². The second kappa shape index (κ2) is 8.20. The number of thiocarbonyl (C=S) groups is 1. The molecule has 5 nitrogen and oxygen atoms in total. The van der Waals surface area contributed by atoms with Gasteiger partial charge < -0.3 is 9.15 Å². The highest BCUT2D eigenvalue weighted by Crippen LogP contribution is 2.33. The predicted molar refractivity (Wildman–Crippen MR) is 108 cm³/mol. The van der Waals surface area contributed by atoms with Crippen LogP contribution in [0.4, 0.5) is 0 Å². The van der Waals surface area contributed by atoms with E-state index in [0.717, 1.165) is 21.8 Å². The molecule has 0 unspecified atom stereocenters. The number of hydrogen-bond acceptors (Lipinski definition) is 6. The highest BCUT2D eigenvalue weighted by atomic mass is 79.9. The van der Waals surface area contributed by atoms with E-state index in [1.54, 1.807) is 19.1 Å². The molecule has 0 atom stereocenters. The molecule has 1 aliphatic heterocycles. The molecule has 0 N–H and O–H groups in total. The Hall–Kier alpha value is -1.90. The molecule has 2 aromatic rings. The number of thioether (sulfide) groups is 1. The topological polar surface area (TPSA) is 59.8 Å². The zero-order valence-electron chi connectivity index (χ0n) is 13.7. The van der Waals surface area contributed by atoms with E-state index in [2.05, 4.69) is 15.9 Å². The molecular formula is C18H14BrNO4S2. The van der Waals surface area contributed by atoms with Gasteiger partial charge in [0, 0.05) is 16.1 Å². The number of nitrogens with zero attached hydrogens (tertiary/aromatic N) is 1. The van der Waals surface area contributed by atoms with Crippen LogP contribution in [0.5, 0.6) is 0 Å². The summed E-state index contributed by atoms with van der Waals surface area (Å²) in [5.74, 6) is 0.431. The summed E-state index contributed by atoms with van der Waals surface area (Å²) in [4.78, 5) is 25.7. The molecule has 26 heavy (non-hydrogen) atoms. The maximum absolute atomic E-state index is 12.5.